The van der Waals surface area contributed by atoms with Crippen molar-refractivity contribution in [2.24, 2.45) is 11.8 Å². The van der Waals surface area contributed by atoms with Crippen LogP contribution >= 0.6 is 0 Å². The zero-order valence-electron chi connectivity index (χ0n) is 10.8. The standard InChI is InChI=1S/C11H15NO5.K/c1-4-7-6(5(2)13)10(14)12(7)8(11(15)16)9(4)17-3;/h4-7,13H,1-3H3,(H,15,16);/q;+1/p-1/t4-,5-,6-,7?;/m1./s1. The molecular formula is C11H14KNO5. The van der Waals surface area contributed by atoms with Crippen molar-refractivity contribution in [2.45, 2.75) is 26.0 Å². The molecule has 2 aliphatic rings. The monoisotopic (exact) mass is 279 g/mol. The Labute approximate surface area is 147 Å². The number of aliphatic hydroxyl groups is 1. The number of fused-ring (bicyclic) bond motifs is 1. The minimum absolute atomic E-state index is 0. The number of ether oxygens (including phenoxy) is 1. The van der Waals surface area contributed by atoms with Crippen molar-refractivity contribution in [3.05, 3.63) is 11.5 Å². The van der Waals surface area contributed by atoms with E-state index >= 15 is 0 Å². The first kappa shape index (κ1) is 16.1. The first-order valence-corrected chi connectivity index (χ1v) is 5.42. The van der Waals surface area contributed by atoms with Crippen molar-refractivity contribution in [3.8, 4) is 0 Å². The number of carbonyl (C=O) groups is 2. The van der Waals surface area contributed by atoms with Crippen LogP contribution in [0.15, 0.2) is 11.5 Å². The molecule has 0 aliphatic carbocycles. The normalized spacial score (nSPS) is 31.4. The molecule has 94 valence electrons. The number of carboxylic acid groups (broad SMARTS) is 1. The van der Waals surface area contributed by atoms with E-state index in [-0.39, 0.29) is 80.7 Å². The average molecular weight is 279 g/mol. The van der Waals surface area contributed by atoms with Crippen molar-refractivity contribution in [1.29, 1.82) is 0 Å². The minimum Gasteiger partial charge on any atom is -0.543 e. The van der Waals surface area contributed by atoms with Crippen molar-refractivity contribution in [2.75, 3.05) is 7.11 Å². The molecule has 1 saturated heterocycles. The largest absolute Gasteiger partial charge is 1.00 e. The van der Waals surface area contributed by atoms with Crippen molar-refractivity contribution in [3.63, 3.8) is 0 Å². The van der Waals surface area contributed by atoms with Gasteiger partial charge in [-0.25, -0.2) is 0 Å². The van der Waals surface area contributed by atoms with E-state index in [2.05, 4.69) is 0 Å². The third-order valence-corrected chi connectivity index (χ3v) is 3.52. The minimum atomic E-state index is -1.42. The van der Waals surface area contributed by atoms with Crippen LogP contribution in [-0.2, 0) is 14.3 Å². The van der Waals surface area contributed by atoms with Crippen LogP contribution in [0.4, 0.5) is 0 Å². The van der Waals surface area contributed by atoms with E-state index in [1.54, 1.807) is 6.92 Å². The number of aliphatic hydroxyl groups excluding tert-OH is 1. The Morgan fingerprint density at radius 1 is 1.56 bits per heavy atom. The number of carboxylic acids is 1. The van der Waals surface area contributed by atoms with Gasteiger partial charge in [0.1, 0.15) is 11.5 Å². The number of nitrogens with zero attached hydrogens (tertiary/aromatic N) is 1. The van der Waals surface area contributed by atoms with Crippen molar-refractivity contribution < 1.29 is 75.9 Å². The summed E-state index contributed by atoms with van der Waals surface area (Å²) >= 11 is 0. The van der Waals surface area contributed by atoms with Gasteiger partial charge in [-0.2, -0.15) is 0 Å². The van der Waals surface area contributed by atoms with Crippen molar-refractivity contribution >= 4 is 11.9 Å². The van der Waals surface area contributed by atoms with Gasteiger partial charge in [0.05, 0.1) is 31.1 Å². The fourth-order valence-corrected chi connectivity index (χ4v) is 2.79. The third-order valence-electron chi connectivity index (χ3n) is 3.52. The van der Waals surface area contributed by atoms with Gasteiger partial charge in [0, 0.05) is 5.92 Å². The maximum atomic E-state index is 11.8. The Bertz CT molecular complexity index is 420. The fraction of sp³-hybridized carbons (Fsp3) is 0.636. The molecule has 1 amide bonds. The summed E-state index contributed by atoms with van der Waals surface area (Å²) in [5.41, 5.74) is -0.202. The zero-order chi connectivity index (χ0) is 12.9. The maximum Gasteiger partial charge on any atom is 1.00 e. The number of amides is 1. The molecule has 0 bridgehead atoms. The second kappa shape index (κ2) is 5.60. The summed E-state index contributed by atoms with van der Waals surface area (Å²) in [5.74, 6) is -2.37. The molecule has 1 unspecified atom stereocenters. The average Bonchev–Trinajstić information content (AvgIpc) is 2.47. The van der Waals surface area contributed by atoms with Crippen LogP contribution in [-0.4, -0.2) is 41.1 Å². The van der Waals surface area contributed by atoms with Crippen LogP contribution in [0.2, 0.25) is 0 Å². The summed E-state index contributed by atoms with van der Waals surface area (Å²) in [6.07, 6.45) is -0.801. The Kier molecular flexibility index (Phi) is 5.02. The van der Waals surface area contributed by atoms with Gasteiger partial charge >= 0.3 is 51.4 Å². The Morgan fingerprint density at radius 3 is 2.50 bits per heavy atom. The van der Waals surface area contributed by atoms with E-state index in [0.717, 1.165) is 4.90 Å². The number of carbonyl (C=O) groups excluding carboxylic acids is 2. The van der Waals surface area contributed by atoms with Crippen LogP contribution in [0.3, 0.4) is 0 Å². The summed E-state index contributed by atoms with van der Waals surface area (Å²) < 4.78 is 5.04. The van der Waals surface area contributed by atoms with Gasteiger partial charge in [-0.3, -0.25) is 4.79 Å². The van der Waals surface area contributed by atoms with E-state index in [1.165, 1.54) is 14.0 Å². The van der Waals surface area contributed by atoms with Crippen LogP contribution < -0.4 is 56.5 Å². The SMILES string of the molecule is COC1=C(C(=O)[O-])N2C(=O)[C@H]([C@@H](C)O)C2[C@H]1C.[K+]. The van der Waals surface area contributed by atoms with Gasteiger partial charge in [-0.1, -0.05) is 6.92 Å². The molecular weight excluding hydrogens is 265 g/mol. The molecule has 1 fully saturated rings. The number of hydrogen-bond donors (Lipinski definition) is 1. The Hall–Kier alpha value is 0.0764. The van der Waals surface area contributed by atoms with Crippen LogP contribution in [0.25, 0.3) is 0 Å². The summed E-state index contributed by atoms with van der Waals surface area (Å²) in [7, 11) is 1.36. The van der Waals surface area contributed by atoms with E-state index < -0.39 is 18.0 Å². The molecule has 18 heavy (non-hydrogen) atoms. The van der Waals surface area contributed by atoms with Crippen LogP contribution in [0.5, 0.6) is 0 Å². The molecule has 0 aromatic rings. The molecule has 7 heteroatoms. The molecule has 0 radical (unpaired) electrons. The summed E-state index contributed by atoms with van der Waals surface area (Å²) in [5, 5.41) is 20.5. The molecule has 2 heterocycles. The molecule has 0 spiro atoms. The van der Waals surface area contributed by atoms with Crippen LogP contribution in [0.1, 0.15) is 13.8 Å². The predicted octanol–water partition coefficient (Wildman–Crippen LogP) is -4.54. The number of β-lactam (4-membered cyclic amide) rings is 1. The van der Waals surface area contributed by atoms with Gasteiger partial charge < -0.3 is 24.6 Å². The zero-order valence-corrected chi connectivity index (χ0v) is 14.0. The second-order valence-electron chi connectivity index (χ2n) is 4.46. The van der Waals surface area contributed by atoms with Gasteiger partial charge in [0.2, 0.25) is 5.91 Å². The first-order valence-electron chi connectivity index (χ1n) is 5.42. The topological polar surface area (TPSA) is 89.9 Å². The van der Waals surface area contributed by atoms with E-state index in [4.69, 9.17) is 4.74 Å². The summed E-state index contributed by atoms with van der Waals surface area (Å²) in [4.78, 5) is 24.0. The Balaban J connectivity index is 0.00000162. The quantitative estimate of drug-likeness (QED) is 0.415. The molecule has 0 aromatic heterocycles. The number of aliphatic carboxylic acids is 1. The molecule has 0 aromatic carbocycles. The second-order valence-corrected chi connectivity index (χ2v) is 4.46. The first-order chi connectivity index (χ1) is 7.91. The van der Waals surface area contributed by atoms with E-state index in [9.17, 15) is 19.8 Å². The summed E-state index contributed by atoms with van der Waals surface area (Å²) in [6, 6.07) is -0.342. The Morgan fingerprint density at radius 2 is 2.11 bits per heavy atom. The maximum absolute atomic E-state index is 11.8. The number of hydrogen-bond acceptors (Lipinski definition) is 5. The molecule has 2 rings (SSSR count). The van der Waals surface area contributed by atoms with Gasteiger partial charge in [0.25, 0.3) is 0 Å². The number of methoxy groups -OCH3 is 1. The molecule has 1 N–H and O–H groups in total. The molecule has 0 saturated carbocycles. The van der Waals surface area contributed by atoms with Crippen LogP contribution in [0, 0.1) is 11.8 Å². The third kappa shape index (κ3) is 2.06. The van der Waals surface area contributed by atoms with E-state index in [0.29, 0.717) is 0 Å². The summed E-state index contributed by atoms with van der Waals surface area (Å²) in [6.45, 7) is 3.30. The van der Waals surface area contributed by atoms with Gasteiger partial charge in [0.15, 0.2) is 0 Å². The molecule has 4 atom stereocenters. The van der Waals surface area contributed by atoms with E-state index in [1.807, 2.05) is 0 Å². The smallest absolute Gasteiger partial charge is 0.543 e. The molecule has 2 aliphatic heterocycles. The van der Waals surface area contributed by atoms with Gasteiger partial charge in [-0.15, -0.1) is 0 Å². The molecule has 6 nitrogen and oxygen atoms in total. The number of rotatable bonds is 3. The fourth-order valence-electron chi connectivity index (χ4n) is 2.79. The van der Waals surface area contributed by atoms with Crippen molar-refractivity contribution in [1.82, 2.24) is 4.90 Å². The predicted molar refractivity (Wildman–Crippen MR) is 54.0 cm³/mol. The van der Waals surface area contributed by atoms with Gasteiger partial charge in [-0.05, 0) is 6.92 Å².